The lowest BCUT2D eigenvalue weighted by Crippen LogP contribution is -2.33. The van der Waals surface area contributed by atoms with E-state index in [1.165, 1.54) is 56.9 Å². The minimum atomic E-state index is 0.626. The fourth-order valence-corrected chi connectivity index (χ4v) is 3.28. The van der Waals surface area contributed by atoms with Gasteiger partial charge in [-0.05, 0) is 43.4 Å². The molecule has 2 nitrogen and oxygen atoms in total. The molecule has 19 heavy (non-hydrogen) atoms. The van der Waals surface area contributed by atoms with Crippen molar-refractivity contribution in [2.75, 3.05) is 6.54 Å². The minimum absolute atomic E-state index is 0.626. The second kappa shape index (κ2) is 8.42. The van der Waals surface area contributed by atoms with E-state index >= 15 is 0 Å². The van der Waals surface area contributed by atoms with Gasteiger partial charge in [0.1, 0.15) is 0 Å². The number of nitrogens with one attached hydrogen (secondary N) is 1. The highest BCUT2D eigenvalue weighted by molar-refractivity contribution is 5.07. The third-order valence-electron chi connectivity index (χ3n) is 4.34. The topological polar surface area (TPSA) is 25.2 Å². The monoisotopic (exact) mass is 263 g/mol. The molecule has 0 saturated heterocycles. The third-order valence-corrected chi connectivity index (χ3v) is 4.34. The highest BCUT2D eigenvalue weighted by Crippen LogP contribution is 2.27. The SMILES string of the molecule is CCCNC(Cc1ccoc1)CC1CCCCCC1. The zero-order chi connectivity index (χ0) is 13.3. The summed E-state index contributed by atoms with van der Waals surface area (Å²) < 4.78 is 5.20. The Balaban J connectivity index is 1.84. The summed E-state index contributed by atoms with van der Waals surface area (Å²) in [5.41, 5.74) is 1.34. The van der Waals surface area contributed by atoms with E-state index in [-0.39, 0.29) is 0 Å². The van der Waals surface area contributed by atoms with Crippen LogP contribution in [0, 0.1) is 5.92 Å². The Morgan fingerprint density at radius 1 is 1.26 bits per heavy atom. The maximum absolute atomic E-state index is 5.20. The van der Waals surface area contributed by atoms with Crippen LogP contribution in [0.3, 0.4) is 0 Å². The molecule has 1 N–H and O–H groups in total. The standard InChI is InChI=1S/C17H29NO/c1-2-10-18-17(13-16-9-11-19-14-16)12-15-7-5-3-4-6-8-15/h9,11,14-15,17-18H,2-8,10,12-13H2,1H3. The molecule has 0 aromatic carbocycles. The van der Waals surface area contributed by atoms with Crippen molar-refractivity contribution in [2.45, 2.75) is 70.8 Å². The van der Waals surface area contributed by atoms with Crippen LogP contribution in [0.25, 0.3) is 0 Å². The molecule has 1 atom stereocenters. The molecule has 0 spiro atoms. The van der Waals surface area contributed by atoms with Crippen LogP contribution in [0.15, 0.2) is 23.0 Å². The lowest BCUT2D eigenvalue weighted by molar-refractivity contribution is 0.349. The Bertz CT molecular complexity index is 312. The average molecular weight is 263 g/mol. The summed E-state index contributed by atoms with van der Waals surface area (Å²) >= 11 is 0. The van der Waals surface area contributed by atoms with Crippen LogP contribution >= 0.6 is 0 Å². The van der Waals surface area contributed by atoms with E-state index in [9.17, 15) is 0 Å². The van der Waals surface area contributed by atoms with Gasteiger partial charge in [0.25, 0.3) is 0 Å². The molecule has 0 amide bonds. The molecule has 108 valence electrons. The molecule has 2 heteroatoms. The van der Waals surface area contributed by atoms with E-state index in [1.54, 1.807) is 6.26 Å². The number of furan rings is 1. The molecule has 0 radical (unpaired) electrons. The molecule has 0 bridgehead atoms. The predicted octanol–water partition coefficient (Wildman–Crippen LogP) is 4.55. The summed E-state index contributed by atoms with van der Waals surface area (Å²) in [4.78, 5) is 0. The Kier molecular flexibility index (Phi) is 6.49. The Morgan fingerprint density at radius 2 is 2.05 bits per heavy atom. The van der Waals surface area contributed by atoms with Crippen LogP contribution in [-0.2, 0) is 6.42 Å². The fourth-order valence-electron chi connectivity index (χ4n) is 3.28. The Hall–Kier alpha value is -0.760. The molecule has 2 rings (SSSR count). The molecule has 0 aliphatic heterocycles. The van der Waals surface area contributed by atoms with E-state index < -0.39 is 0 Å². The molecular formula is C17H29NO. The lowest BCUT2D eigenvalue weighted by atomic mass is 9.90. The molecule has 1 aromatic heterocycles. The van der Waals surface area contributed by atoms with Gasteiger partial charge in [0.05, 0.1) is 12.5 Å². The summed E-state index contributed by atoms with van der Waals surface area (Å²) in [6.07, 6.45) is 16.0. The van der Waals surface area contributed by atoms with E-state index in [4.69, 9.17) is 4.42 Å². The summed E-state index contributed by atoms with van der Waals surface area (Å²) in [7, 11) is 0. The van der Waals surface area contributed by atoms with Crippen LogP contribution < -0.4 is 5.32 Å². The van der Waals surface area contributed by atoms with Gasteiger partial charge in [-0.15, -0.1) is 0 Å². The van der Waals surface area contributed by atoms with Gasteiger partial charge in [0.2, 0.25) is 0 Å². The van der Waals surface area contributed by atoms with Gasteiger partial charge in [-0.1, -0.05) is 45.4 Å². The van der Waals surface area contributed by atoms with Crippen molar-refractivity contribution >= 4 is 0 Å². The van der Waals surface area contributed by atoms with E-state index in [1.807, 2.05) is 6.26 Å². The first-order valence-corrected chi connectivity index (χ1v) is 8.13. The average Bonchev–Trinajstić information content (AvgIpc) is 2.79. The van der Waals surface area contributed by atoms with Crippen molar-refractivity contribution in [3.63, 3.8) is 0 Å². The van der Waals surface area contributed by atoms with Crippen molar-refractivity contribution in [1.29, 1.82) is 0 Å². The molecule has 1 saturated carbocycles. The number of rotatable bonds is 7. The third kappa shape index (κ3) is 5.40. The molecule has 1 heterocycles. The molecule has 1 unspecified atom stereocenters. The molecule has 1 fully saturated rings. The van der Waals surface area contributed by atoms with Crippen LogP contribution in [0.1, 0.15) is 63.9 Å². The van der Waals surface area contributed by atoms with Crippen molar-refractivity contribution in [3.8, 4) is 0 Å². The van der Waals surface area contributed by atoms with Crippen molar-refractivity contribution < 1.29 is 4.42 Å². The number of hydrogen-bond acceptors (Lipinski definition) is 2. The smallest absolute Gasteiger partial charge is 0.0935 e. The van der Waals surface area contributed by atoms with Gasteiger partial charge in [0.15, 0.2) is 0 Å². The van der Waals surface area contributed by atoms with Gasteiger partial charge in [-0.25, -0.2) is 0 Å². The van der Waals surface area contributed by atoms with E-state index in [0.717, 1.165) is 18.9 Å². The van der Waals surface area contributed by atoms with Crippen LogP contribution in [0.5, 0.6) is 0 Å². The van der Waals surface area contributed by atoms with Crippen molar-refractivity contribution in [3.05, 3.63) is 24.2 Å². The van der Waals surface area contributed by atoms with Gasteiger partial charge < -0.3 is 9.73 Å². The van der Waals surface area contributed by atoms with Gasteiger partial charge in [-0.3, -0.25) is 0 Å². The summed E-state index contributed by atoms with van der Waals surface area (Å²) in [6.45, 7) is 3.38. The first kappa shape index (κ1) is 14.6. The van der Waals surface area contributed by atoms with Crippen molar-refractivity contribution in [1.82, 2.24) is 5.32 Å². The Morgan fingerprint density at radius 3 is 2.68 bits per heavy atom. The van der Waals surface area contributed by atoms with E-state index in [0.29, 0.717) is 6.04 Å². The summed E-state index contributed by atoms with van der Waals surface area (Å²) in [5, 5.41) is 3.73. The second-order valence-corrected chi connectivity index (χ2v) is 6.08. The highest BCUT2D eigenvalue weighted by atomic mass is 16.3. The van der Waals surface area contributed by atoms with Crippen LogP contribution in [-0.4, -0.2) is 12.6 Å². The Labute approximate surface area is 118 Å². The quantitative estimate of drug-likeness (QED) is 0.730. The van der Waals surface area contributed by atoms with Gasteiger partial charge in [-0.2, -0.15) is 0 Å². The molecule has 1 aromatic rings. The maximum atomic E-state index is 5.20. The number of hydrogen-bond donors (Lipinski definition) is 1. The molecular weight excluding hydrogens is 234 g/mol. The van der Waals surface area contributed by atoms with Crippen LogP contribution in [0.4, 0.5) is 0 Å². The van der Waals surface area contributed by atoms with Crippen LogP contribution in [0.2, 0.25) is 0 Å². The van der Waals surface area contributed by atoms with Gasteiger partial charge >= 0.3 is 0 Å². The first-order valence-electron chi connectivity index (χ1n) is 8.13. The largest absolute Gasteiger partial charge is 0.472 e. The maximum Gasteiger partial charge on any atom is 0.0935 e. The summed E-state index contributed by atoms with van der Waals surface area (Å²) in [6, 6.07) is 2.73. The van der Waals surface area contributed by atoms with Gasteiger partial charge in [0, 0.05) is 6.04 Å². The zero-order valence-corrected chi connectivity index (χ0v) is 12.4. The molecule has 1 aliphatic carbocycles. The normalized spacial score (nSPS) is 19.2. The fraction of sp³-hybridized carbons (Fsp3) is 0.765. The molecule has 1 aliphatic rings. The predicted molar refractivity (Wildman–Crippen MR) is 80.3 cm³/mol. The van der Waals surface area contributed by atoms with Crippen molar-refractivity contribution in [2.24, 2.45) is 5.92 Å². The van der Waals surface area contributed by atoms with E-state index in [2.05, 4.69) is 18.3 Å². The lowest BCUT2D eigenvalue weighted by Gasteiger charge is -2.23. The first-order chi connectivity index (χ1) is 9.38. The minimum Gasteiger partial charge on any atom is -0.472 e. The second-order valence-electron chi connectivity index (χ2n) is 6.08. The highest BCUT2D eigenvalue weighted by Gasteiger charge is 2.18. The summed E-state index contributed by atoms with van der Waals surface area (Å²) in [5.74, 6) is 0.934. The zero-order valence-electron chi connectivity index (χ0n) is 12.4.